The van der Waals surface area contributed by atoms with Crippen molar-refractivity contribution in [3.63, 3.8) is 0 Å². The van der Waals surface area contributed by atoms with Gasteiger partial charge in [0.05, 0.1) is 12.4 Å². The first kappa shape index (κ1) is 14.7. The van der Waals surface area contributed by atoms with E-state index in [4.69, 9.17) is 4.74 Å². The van der Waals surface area contributed by atoms with E-state index in [1.165, 1.54) is 0 Å². The Bertz CT molecular complexity index is 601. The molecule has 0 saturated heterocycles. The highest BCUT2D eigenvalue weighted by atomic mass is 32.2. The summed E-state index contributed by atoms with van der Waals surface area (Å²) >= 11 is 0. The van der Waals surface area contributed by atoms with Crippen molar-refractivity contribution < 1.29 is 13.2 Å². The molecule has 0 heterocycles. The van der Waals surface area contributed by atoms with Gasteiger partial charge < -0.3 is 4.74 Å². The molecule has 1 spiro atoms. The highest BCUT2D eigenvalue weighted by molar-refractivity contribution is 7.93. The predicted octanol–water partition coefficient (Wildman–Crippen LogP) is 3.41. The highest BCUT2D eigenvalue weighted by Crippen LogP contribution is 2.60. The zero-order chi connectivity index (χ0) is 15.1. The molecule has 1 unspecified atom stereocenters. The monoisotopic (exact) mass is 309 g/mol. The van der Waals surface area contributed by atoms with Crippen LogP contribution in [0.3, 0.4) is 0 Å². The summed E-state index contributed by atoms with van der Waals surface area (Å²) in [4.78, 5) is 0. The number of nitrogens with one attached hydrogen (secondary N) is 1. The van der Waals surface area contributed by atoms with Gasteiger partial charge in [0.1, 0.15) is 5.75 Å². The maximum Gasteiger partial charge on any atom is 0.236 e. The van der Waals surface area contributed by atoms with Crippen LogP contribution in [0, 0.1) is 11.3 Å². The molecule has 0 bridgehead atoms. The van der Waals surface area contributed by atoms with Crippen LogP contribution in [-0.2, 0) is 10.0 Å². The molecular formula is C16H23NO3S. The molecule has 2 aliphatic rings. The fraction of sp³-hybridized carbons (Fsp3) is 0.625. The zero-order valence-corrected chi connectivity index (χ0v) is 13.4. The van der Waals surface area contributed by atoms with E-state index >= 15 is 0 Å². The maximum atomic E-state index is 12.5. The van der Waals surface area contributed by atoms with Gasteiger partial charge in [0.15, 0.2) is 0 Å². The smallest absolute Gasteiger partial charge is 0.236 e. The van der Waals surface area contributed by atoms with Crippen molar-refractivity contribution in [3.8, 4) is 5.75 Å². The van der Waals surface area contributed by atoms with Crippen molar-refractivity contribution in [1.82, 2.24) is 0 Å². The number of sulfonamides is 1. The zero-order valence-electron chi connectivity index (χ0n) is 12.6. The van der Waals surface area contributed by atoms with Crippen LogP contribution in [0.15, 0.2) is 24.3 Å². The topological polar surface area (TPSA) is 55.4 Å². The molecule has 1 N–H and O–H groups in total. The van der Waals surface area contributed by atoms with Gasteiger partial charge in [0.25, 0.3) is 0 Å². The van der Waals surface area contributed by atoms with Crippen molar-refractivity contribution >= 4 is 15.7 Å². The normalized spacial score (nSPS) is 31.9. The molecule has 2 aliphatic carbocycles. The van der Waals surface area contributed by atoms with Crippen molar-refractivity contribution in [2.45, 2.75) is 44.3 Å². The fourth-order valence-electron chi connectivity index (χ4n) is 3.51. The molecule has 1 aromatic rings. The first-order valence-corrected chi connectivity index (χ1v) is 9.15. The number of benzene rings is 1. The van der Waals surface area contributed by atoms with Gasteiger partial charge in [0.2, 0.25) is 10.0 Å². The van der Waals surface area contributed by atoms with Crippen molar-refractivity contribution in [2.24, 2.45) is 11.3 Å². The molecule has 1 atom stereocenters. The van der Waals surface area contributed by atoms with Crippen molar-refractivity contribution in [1.29, 1.82) is 0 Å². The predicted molar refractivity (Wildman–Crippen MR) is 84.0 cm³/mol. The van der Waals surface area contributed by atoms with Crippen LogP contribution in [0.5, 0.6) is 5.75 Å². The summed E-state index contributed by atoms with van der Waals surface area (Å²) in [6.07, 6.45) is 5.26. The number of hydrogen-bond acceptors (Lipinski definition) is 3. The third kappa shape index (κ3) is 2.89. The number of methoxy groups -OCH3 is 1. The minimum atomic E-state index is -3.28. The molecule has 2 saturated carbocycles. The largest absolute Gasteiger partial charge is 0.497 e. The second-order valence-corrected chi connectivity index (χ2v) is 8.48. The Balaban J connectivity index is 1.68. The van der Waals surface area contributed by atoms with Gasteiger partial charge in [-0.2, -0.15) is 0 Å². The van der Waals surface area contributed by atoms with Crippen LogP contribution in [0.25, 0.3) is 0 Å². The molecule has 3 rings (SSSR count). The minimum absolute atomic E-state index is 0.0603. The number of rotatable bonds is 4. The van der Waals surface area contributed by atoms with E-state index in [-0.39, 0.29) is 10.7 Å². The molecular weight excluding hydrogens is 286 g/mol. The van der Waals surface area contributed by atoms with Crippen LogP contribution in [-0.4, -0.2) is 20.8 Å². The van der Waals surface area contributed by atoms with Gasteiger partial charge in [-0.1, -0.05) is 19.8 Å². The minimum Gasteiger partial charge on any atom is -0.497 e. The number of ether oxygens (including phenoxy) is 1. The van der Waals surface area contributed by atoms with Gasteiger partial charge in [-0.05, 0) is 54.9 Å². The molecule has 4 nitrogen and oxygen atoms in total. The molecule has 0 aromatic heterocycles. The molecule has 1 aromatic carbocycles. The summed E-state index contributed by atoms with van der Waals surface area (Å²) in [6.45, 7) is 2.26. The Morgan fingerprint density at radius 1 is 1.19 bits per heavy atom. The molecule has 2 fully saturated rings. The fourth-order valence-corrected chi connectivity index (χ4v) is 5.56. The third-order valence-corrected chi connectivity index (χ3v) is 7.05. The second-order valence-electron chi connectivity index (χ2n) is 6.61. The van der Waals surface area contributed by atoms with Gasteiger partial charge in [-0.25, -0.2) is 8.42 Å². The molecule has 0 radical (unpaired) electrons. The third-order valence-electron chi connectivity index (χ3n) is 5.11. The Kier molecular flexibility index (Phi) is 3.64. The summed E-state index contributed by atoms with van der Waals surface area (Å²) in [7, 11) is -1.68. The maximum absolute atomic E-state index is 12.5. The SMILES string of the molecule is COc1ccc(NS(=O)(=O)C2CC23CCC(C)CC3)cc1. The first-order valence-electron chi connectivity index (χ1n) is 7.61. The van der Waals surface area contributed by atoms with Crippen LogP contribution in [0.4, 0.5) is 5.69 Å². The van der Waals surface area contributed by atoms with Crippen LogP contribution >= 0.6 is 0 Å². The Labute approximate surface area is 126 Å². The van der Waals surface area contributed by atoms with Crippen molar-refractivity contribution in [3.05, 3.63) is 24.3 Å². The number of anilines is 1. The van der Waals surface area contributed by atoms with Crippen LogP contribution in [0.1, 0.15) is 39.0 Å². The Morgan fingerprint density at radius 2 is 1.81 bits per heavy atom. The van der Waals surface area contributed by atoms with Gasteiger partial charge >= 0.3 is 0 Å². The lowest BCUT2D eigenvalue weighted by Gasteiger charge is -2.27. The molecule has 0 aliphatic heterocycles. The van der Waals surface area contributed by atoms with E-state index in [0.29, 0.717) is 5.69 Å². The first-order chi connectivity index (χ1) is 9.95. The average molecular weight is 309 g/mol. The van der Waals surface area contributed by atoms with Gasteiger partial charge in [0, 0.05) is 5.69 Å². The molecule has 21 heavy (non-hydrogen) atoms. The number of hydrogen-bond donors (Lipinski definition) is 1. The van der Waals surface area contributed by atoms with E-state index < -0.39 is 10.0 Å². The summed E-state index contributed by atoms with van der Waals surface area (Å²) in [5.74, 6) is 1.47. The lowest BCUT2D eigenvalue weighted by Crippen LogP contribution is -2.25. The summed E-state index contributed by atoms with van der Waals surface area (Å²) in [5, 5.41) is -0.209. The average Bonchev–Trinajstić information content (AvgIpc) is 3.18. The van der Waals surface area contributed by atoms with Crippen LogP contribution < -0.4 is 9.46 Å². The molecule has 0 amide bonds. The molecule has 116 valence electrons. The Hall–Kier alpha value is -1.23. The van der Waals surface area contributed by atoms with E-state index in [2.05, 4.69) is 11.6 Å². The summed E-state index contributed by atoms with van der Waals surface area (Å²) in [6, 6.07) is 7.02. The highest BCUT2D eigenvalue weighted by Gasteiger charge is 2.61. The van der Waals surface area contributed by atoms with Crippen molar-refractivity contribution in [2.75, 3.05) is 11.8 Å². The van der Waals surface area contributed by atoms with Crippen LogP contribution in [0.2, 0.25) is 0 Å². The standard InChI is InChI=1S/C16H23NO3S/c1-12-7-9-16(10-8-12)11-15(16)21(18,19)17-13-3-5-14(20-2)6-4-13/h3-6,12,15,17H,7-11H2,1-2H3. The summed E-state index contributed by atoms with van der Waals surface area (Å²) < 4.78 is 32.9. The lowest BCUT2D eigenvalue weighted by atomic mass is 9.81. The van der Waals surface area contributed by atoms with E-state index in [1.54, 1.807) is 31.4 Å². The van der Waals surface area contributed by atoms with E-state index in [1.807, 2.05) is 0 Å². The van der Waals surface area contributed by atoms with E-state index in [0.717, 1.165) is 43.8 Å². The molecule has 5 heteroatoms. The summed E-state index contributed by atoms with van der Waals surface area (Å²) in [5.41, 5.74) is 0.673. The van der Waals surface area contributed by atoms with Gasteiger partial charge in [-0.3, -0.25) is 4.72 Å². The van der Waals surface area contributed by atoms with E-state index in [9.17, 15) is 8.42 Å². The lowest BCUT2D eigenvalue weighted by molar-refractivity contribution is 0.272. The van der Waals surface area contributed by atoms with Gasteiger partial charge in [-0.15, -0.1) is 0 Å². The quantitative estimate of drug-likeness (QED) is 0.927. The Morgan fingerprint density at radius 3 is 2.38 bits per heavy atom. The second kappa shape index (κ2) is 5.20.